The van der Waals surface area contributed by atoms with E-state index >= 15 is 0 Å². The van der Waals surface area contributed by atoms with Crippen LogP contribution in [0, 0.1) is 0 Å². The fourth-order valence-corrected chi connectivity index (χ4v) is 2.12. The van der Waals surface area contributed by atoms with Crippen molar-refractivity contribution in [1.29, 1.82) is 0 Å². The number of nitrogens with zero attached hydrogens (tertiary/aromatic N) is 1. The number of rotatable bonds is 6. The first-order valence-electron chi connectivity index (χ1n) is 7.55. The van der Waals surface area contributed by atoms with E-state index in [0.29, 0.717) is 11.4 Å². The van der Waals surface area contributed by atoms with Gasteiger partial charge in [-0.3, -0.25) is 0 Å². The lowest BCUT2D eigenvalue weighted by Gasteiger charge is -2.20. The molecule has 0 aliphatic heterocycles. The molecule has 2 amide bonds. The minimum atomic E-state index is -0.289. The number of ether oxygens (including phenoxy) is 1. The predicted octanol–water partition coefficient (Wildman–Crippen LogP) is 3.28. The van der Waals surface area contributed by atoms with E-state index in [1.165, 1.54) is 4.90 Å². The molecule has 0 aliphatic carbocycles. The number of para-hydroxylation sites is 2. The highest BCUT2D eigenvalue weighted by molar-refractivity contribution is 5.90. The Bertz CT molecular complexity index is 631. The Morgan fingerprint density at radius 1 is 1.17 bits per heavy atom. The van der Waals surface area contributed by atoms with Crippen LogP contribution in [-0.2, 0) is 0 Å². The molecule has 2 rings (SSSR count). The third-order valence-corrected chi connectivity index (χ3v) is 3.48. The summed E-state index contributed by atoms with van der Waals surface area (Å²) in [5, 5.41) is 11.7. The maximum atomic E-state index is 12.1. The Kier molecular flexibility index (Phi) is 6.00. The molecule has 1 atom stereocenters. The second-order valence-corrected chi connectivity index (χ2v) is 5.24. The maximum Gasteiger partial charge on any atom is 0.321 e. The smallest absolute Gasteiger partial charge is 0.321 e. The van der Waals surface area contributed by atoms with Crippen LogP contribution in [0.5, 0.6) is 5.75 Å². The third kappa shape index (κ3) is 4.72. The number of carbonyl (C=O) groups is 1. The summed E-state index contributed by atoms with van der Waals surface area (Å²) in [5.41, 5.74) is 1.66. The standard InChI is InChI=1S/C18H22N2O3/c1-14(15-8-4-3-5-9-15)23-17-11-7-6-10-16(17)19-18(22)20(2)12-13-21/h3-11,14,21H,12-13H2,1-2H3,(H,19,22). The lowest BCUT2D eigenvalue weighted by Crippen LogP contribution is -2.33. The van der Waals surface area contributed by atoms with E-state index in [1.807, 2.05) is 55.5 Å². The van der Waals surface area contributed by atoms with Gasteiger partial charge in [-0.25, -0.2) is 4.79 Å². The van der Waals surface area contributed by atoms with Crippen LogP contribution in [0.2, 0.25) is 0 Å². The molecule has 0 saturated carbocycles. The monoisotopic (exact) mass is 314 g/mol. The average molecular weight is 314 g/mol. The minimum Gasteiger partial charge on any atom is -0.484 e. The number of benzene rings is 2. The van der Waals surface area contributed by atoms with Crippen LogP contribution in [0.4, 0.5) is 10.5 Å². The van der Waals surface area contributed by atoms with Crippen molar-refractivity contribution >= 4 is 11.7 Å². The van der Waals surface area contributed by atoms with Crippen molar-refractivity contribution < 1.29 is 14.6 Å². The molecule has 5 nitrogen and oxygen atoms in total. The second-order valence-electron chi connectivity index (χ2n) is 5.24. The first-order valence-corrected chi connectivity index (χ1v) is 7.55. The first kappa shape index (κ1) is 16.8. The zero-order valence-electron chi connectivity index (χ0n) is 13.4. The van der Waals surface area contributed by atoms with Crippen molar-refractivity contribution in [3.05, 3.63) is 60.2 Å². The molecule has 122 valence electrons. The van der Waals surface area contributed by atoms with Gasteiger partial charge in [0.05, 0.1) is 12.3 Å². The number of aliphatic hydroxyl groups excluding tert-OH is 1. The summed E-state index contributed by atoms with van der Waals surface area (Å²) in [5.74, 6) is 0.606. The summed E-state index contributed by atoms with van der Waals surface area (Å²) in [6.07, 6.45) is -0.135. The molecule has 1 unspecified atom stereocenters. The molecule has 5 heteroatoms. The van der Waals surface area contributed by atoms with Gasteiger partial charge >= 0.3 is 6.03 Å². The van der Waals surface area contributed by atoms with Crippen LogP contribution >= 0.6 is 0 Å². The fourth-order valence-electron chi connectivity index (χ4n) is 2.12. The highest BCUT2D eigenvalue weighted by Crippen LogP contribution is 2.29. The minimum absolute atomic E-state index is 0.0763. The predicted molar refractivity (Wildman–Crippen MR) is 90.7 cm³/mol. The third-order valence-electron chi connectivity index (χ3n) is 3.48. The summed E-state index contributed by atoms with van der Waals surface area (Å²) in [6.45, 7) is 2.16. The number of anilines is 1. The SMILES string of the molecule is CC(Oc1ccccc1NC(=O)N(C)CCO)c1ccccc1. The van der Waals surface area contributed by atoms with Crippen molar-refractivity contribution in [2.45, 2.75) is 13.0 Å². The zero-order chi connectivity index (χ0) is 16.7. The largest absolute Gasteiger partial charge is 0.484 e. The number of hydrogen-bond donors (Lipinski definition) is 2. The van der Waals surface area contributed by atoms with Gasteiger partial charge in [-0.1, -0.05) is 42.5 Å². The number of nitrogens with one attached hydrogen (secondary N) is 1. The van der Waals surface area contributed by atoms with E-state index in [0.717, 1.165) is 5.56 Å². The van der Waals surface area contributed by atoms with Crippen LogP contribution < -0.4 is 10.1 Å². The van der Waals surface area contributed by atoms with Crippen molar-refractivity contribution in [2.24, 2.45) is 0 Å². The molecule has 2 N–H and O–H groups in total. The molecule has 0 saturated heterocycles. The number of urea groups is 1. The summed E-state index contributed by atoms with van der Waals surface area (Å²) in [7, 11) is 1.63. The van der Waals surface area contributed by atoms with Gasteiger partial charge in [-0.05, 0) is 24.6 Å². The van der Waals surface area contributed by atoms with E-state index in [2.05, 4.69) is 5.32 Å². The van der Waals surface area contributed by atoms with E-state index in [4.69, 9.17) is 9.84 Å². The Morgan fingerprint density at radius 3 is 2.52 bits per heavy atom. The Balaban J connectivity index is 2.10. The van der Waals surface area contributed by atoms with E-state index in [1.54, 1.807) is 13.1 Å². The van der Waals surface area contributed by atoms with E-state index < -0.39 is 0 Å². The first-order chi connectivity index (χ1) is 11.1. The number of amides is 2. The van der Waals surface area contributed by atoms with Gasteiger partial charge < -0.3 is 20.1 Å². The van der Waals surface area contributed by atoms with Gasteiger partial charge in [0.15, 0.2) is 0 Å². The molecule has 2 aromatic rings. The van der Waals surface area contributed by atoms with Gasteiger partial charge in [0.25, 0.3) is 0 Å². The zero-order valence-corrected chi connectivity index (χ0v) is 13.4. The molecule has 23 heavy (non-hydrogen) atoms. The van der Waals surface area contributed by atoms with Gasteiger partial charge in [0.1, 0.15) is 11.9 Å². The highest BCUT2D eigenvalue weighted by atomic mass is 16.5. The molecule has 0 heterocycles. The Morgan fingerprint density at radius 2 is 1.83 bits per heavy atom. The van der Waals surface area contributed by atoms with E-state index in [-0.39, 0.29) is 25.3 Å². The summed E-state index contributed by atoms with van der Waals surface area (Å²) >= 11 is 0. The number of hydrogen-bond acceptors (Lipinski definition) is 3. The summed E-state index contributed by atoms with van der Waals surface area (Å²) < 4.78 is 5.99. The Hall–Kier alpha value is -2.53. The van der Waals surface area contributed by atoms with Gasteiger partial charge in [-0.15, -0.1) is 0 Å². The molecule has 2 aromatic carbocycles. The quantitative estimate of drug-likeness (QED) is 0.860. The Labute approximate surface area is 136 Å². The van der Waals surface area contributed by atoms with Gasteiger partial charge in [-0.2, -0.15) is 0 Å². The van der Waals surface area contributed by atoms with Crippen LogP contribution in [0.25, 0.3) is 0 Å². The fraction of sp³-hybridized carbons (Fsp3) is 0.278. The van der Waals surface area contributed by atoms with Crippen LogP contribution in [0.3, 0.4) is 0 Å². The molecule has 0 spiro atoms. The second kappa shape index (κ2) is 8.19. The normalized spacial score (nSPS) is 11.6. The number of likely N-dealkylation sites (N-methyl/N-ethyl adjacent to an activating group) is 1. The van der Waals surface area contributed by atoms with Gasteiger partial charge in [0, 0.05) is 13.6 Å². The lowest BCUT2D eigenvalue weighted by atomic mass is 10.1. The van der Waals surface area contributed by atoms with Crippen molar-refractivity contribution in [3.8, 4) is 5.75 Å². The van der Waals surface area contributed by atoms with Crippen molar-refractivity contribution in [2.75, 3.05) is 25.5 Å². The molecule has 0 aliphatic rings. The van der Waals surface area contributed by atoms with Crippen LogP contribution in [0.1, 0.15) is 18.6 Å². The topological polar surface area (TPSA) is 61.8 Å². The van der Waals surface area contributed by atoms with Gasteiger partial charge in [0.2, 0.25) is 0 Å². The molecule has 0 radical (unpaired) electrons. The molecule has 0 bridgehead atoms. The lowest BCUT2D eigenvalue weighted by molar-refractivity contribution is 0.201. The van der Waals surface area contributed by atoms with Crippen molar-refractivity contribution in [3.63, 3.8) is 0 Å². The summed E-state index contributed by atoms with van der Waals surface area (Å²) in [4.78, 5) is 13.5. The molecule has 0 fully saturated rings. The number of carbonyl (C=O) groups excluding carboxylic acids is 1. The van der Waals surface area contributed by atoms with Crippen molar-refractivity contribution in [1.82, 2.24) is 4.90 Å². The number of aliphatic hydroxyl groups is 1. The molecular weight excluding hydrogens is 292 g/mol. The highest BCUT2D eigenvalue weighted by Gasteiger charge is 2.13. The maximum absolute atomic E-state index is 12.1. The molecular formula is C18H22N2O3. The van der Waals surface area contributed by atoms with Crippen LogP contribution in [-0.4, -0.2) is 36.2 Å². The van der Waals surface area contributed by atoms with Crippen LogP contribution in [0.15, 0.2) is 54.6 Å². The molecule has 0 aromatic heterocycles. The van der Waals surface area contributed by atoms with E-state index in [9.17, 15) is 4.79 Å². The summed E-state index contributed by atoms with van der Waals surface area (Å²) in [6, 6.07) is 16.9. The average Bonchev–Trinajstić information content (AvgIpc) is 2.57.